The molecule has 160 valence electrons. The van der Waals surface area contributed by atoms with Crippen LogP contribution >= 0.6 is 0 Å². The molecule has 31 heavy (non-hydrogen) atoms. The Morgan fingerprint density at radius 2 is 1.97 bits per heavy atom. The van der Waals surface area contributed by atoms with Gasteiger partial charge < -0.3 is 4.74 Å². The minimum Gasteiger partial charge on any atom is -0.468 e. The van der Waals surface area contributed by atoms with Crippen molar-refractivity contribution in [3.05, 3.63) is 62.8 Å². The topological polar surface area (TPSA) is 104 Å². The molecule has 0 radical (unpaired) electrons. The highest BCUT2D eigenvalue weighted by Crippen LogP contribution is 2.23. The van der Waals surface area contributed by atoms with Gasteiger partial charge >= 0.3 is 11.7 Å². The number of imidazole rings is 1. The average molecular weight is 422 g/mol. The Morgan fingerprint density at radius 1 is 1.23 bits per heavy atom. The van der Waals surface area contributed by atoms with E-state index in [0.29, 0.717) is 18.2 Å². The van der Waals surface area contributed by atoms with Crippen LogP contribution in [0.25, 0.3) is 17.2 Å². The Bertz CT molecular complexity index is 1330. The number of aryl methyl sites for hydroxylation is 1. The normalized spacial score (nSPS) is 13.5. The molecule has 3 aromatic rings. The van der Waals surface area contributed by atoms with Crippen molar-refractivity contribution in [2.24, 2.45) is 12.1 Å². The average Bonchev–Trinajstić information content (AvgIpc) is 3.15. The van der Waals surface area contributed by atoms with E-state index in [1.807, 2.05) is 36.4 Å². The number of anilines is 1. The maximum Gasteiger partial charge on any atom is 0.332 e. The van der Waals surface area contributed by atoms with E-state index < -0.39 is 17.2 Å². The number of benzene rings is 1. The van der Waals surface area contributed by atoms with Crippen molar-refractivity contribution in [2.75, 3.05) is 18.7 Å². The van der Waals surface area contributed by atoms with Gasteiger partial charge in [0.2, 0.25) is 5.95 Å². The molecule has 10 heteroatoms. The summed E-state index contributed by atoms with van der Waals surface area (Å²) in [4.78, 5) is 42.4. The Morgan fingerprint density at radius 3 is 2.68 bits per heavy atom. The van der Waals surface area contributed by atoms with Crippen molar-refractivity contribution in [1.29, 1.82) is 0 Å². The molecule has 1 aliphatic heterocycles. The lowest BCUT2D eigenvalue weighted by atomic mass is 10.2. The standard InChI is InChI=1S/C21H22N6O4/c1-14-12-26-17-18(22-20(26)27(23-14)13-16(28)31-3)24(2)21(30)25(19(17)29)11-7-10-15-8-5-4-6-9-15/h4-10H,11-13H2,1-3H3/b10-7+. The molecule has 1 aliphatic rings. The van der Waals surface area contributed by atoms with Gasteiger partial charge in [-0.3, -0.25) is 23.3 Å². The quantitative estimate of drug-likeness (QED) is 0.568. The van der Waals surface area contributed by atoms with Crippen LogP contribution in [0.1, 0.15) is 12.5 Å². The number of hydrogen-bond acceptors (Lipinski definition) is 7. The maximum absolute atomic E-state index is 13.3. The van der Waals surface area contributed by atoms with Gasteiger partial charge in [-0.15, -0.1) is 0 Å². The molecule has 0 spiro atoms. The molecule has 0 saturated heterocycles. The minimum absolute atomic E-state index is 0.121. The van der Waals surface area contributed by atoms with E-state index in [2.05, 4.69) is 10.1 Å². The maximum atomic E-state index is 13.3. The summed E-state index contributed by atoms with van der Waals surface area (Å²) in [7, 11) is 2.86. The predicted molar refractivity (Wildman–Crippen MR) is 117 cm³/mol. The van der Waals surface area contributed by atoms with E-state index in [9.17, 15) is 14.4 Å². The second-order valence-corrected chi connectivity index (χ2v) is 7.21. The van der Waals surface area contributed by atoms with Crippen molar-refractivity contribution >= 4 is 34.9 Å². The SMILES string of the molecule is COC(=O)CN1N=C(C)Cn2c1nc1c2c(=O)n(C/C=C/c2ccccc2)c(=O)n1C. The number of methoxy groups -OCH3 is 1. The first-order valence-electron chi connectivity index (χ1n) is 9.70. The van der Waals surface area contributed by atoms with Crippen molar-refractivity contribution in [2.45, 2.75) is 20.0 Å². The van der Waals surface area contributed by atoms with Crippen LogP contribution in [0.4, 0.5) is 5.95 Å². The molecule has 0 amide bonds. The minimum atomic E-state index is -0.491. The zero-order chi connectivity index (χ0) is 22.1. The number of fused-ring (bicyclic) bond motifs is 3. The highest BCUT2D eigenvalue weighted by atomic mass is 16.5. The third-order valence-electron chi connectivity index (χ3n) is 5.03. The third-order valence-corrected chi connectivity index (χ3v) is 5.03. The number of allylic oxidation sites excluding steroid dienone is 1. The monoisotopic (exact) mass is 422 g/mol. The largest absolute Gasteiger partial charge is 0.468 e. The van der Waals surface area contributed by atoms with Gasteiger partial charge in [0.1, 0.15) is 6.54 Å². The molecule has 3 heterocycles. The molecule has 0 fully saturated rings. The number of hydrazone groups is 1. The summed E-state index contributed by atoms with van der Waals surface area (Å²) in [5.74, 6) is -0.176. The second-order valence-electron chi connectivity index (χ2n) is 7.21. The zero-order valence-electron chi connectivity index (χ0n) is 17.5. The molecule has 10 nitrogen and oxygen atoms in total. The first kappa shape index (κ1) is 20.3. The van der Waals surface area contributed by atoms with Crippen molar-refractivity contribution < 1.29 is 9.53 Å². The van der Waals surface area contributed by atoms with E-state index in [-0.39, 0.29) is 24.3 Å². The zero-order valence-corrected chi connectivity index (χ0v) is 17.5. The molecule has 0 saturated carbocycles. The van der Waals surface area contributed by atoms with Crippen LogP contribution < -0.4 is 16.3 Å². The van der Waals surface area contributed by atoms with E-state index in [4.69, 9.17) is 4.74 Å². The van der Waals surface area contributed by atoms with Gasteiger partial charge in [-0.25, -0.2) is 9.80 Å². The Balaban J connectivity index is 1.81. The summed E-state index contributed by atoms with van der Waals surface area (Å²) in [5, 5.41) is 5.74. The molecule has 0 N–H and O–H groups in total. The summed E-state index contributed by atoms with van der Waals surface area (Å²) in [6.45, 7) is 2.09. The van der Waals surface area contributed by atoms with E-state index in [1.165, 1.54) is 21.3 Å². The first-order valence-corrected chi connectivity index (χ1v) is 9.70. The van der Waals surface area contributed by atoms with Crippen LogP contribution in [0.15, 0.2) is 51.1 Å². The molecular weight excluding hydrogens is 400 g/mol. The van der Waals surface area contributed by atoms with Crippen LogP contribution in [0.3, 0.4) is 0 Å². The van der Waals surface area contributed by atoms with Gasteiger partial charge in [0, 0.05) is 13.6 Å². The number of rotatable bonds is 5. The van der Waals surface area contributed by atoms with Crippen LogP contribution in [-0.2, 0) is 29.7 Å². The number of hydrogen-bond donors (Lipinski definition) is 0. The second kappa shape index (κ2) is 8.05. The lowest BCUT2D eigenvalue weighted by Gasteiger charge is -2.23. The van der Waals surface area contributed by atoms with Crippen molar-refractivity contribution in [1.82, 2.24) is 18.7 Å². The summed E-state index contributed by atoms with van der Waals surface area (Å²) in [6.07, 6.45) is 3.63. The fourth-order valence-corrected chi connectivity index (χ4v) is 3.53. The Kier molecular flexibility index (Phi) is 5.28. The molecule has 0 aliphatic carbocycles. The number of nitrogens with zero attached hydrogens (tertiary/aromatic N) is 6. The van der Waals surface area contributed by atoms with E-state index in [0.717, 1.165) is 5.56 Å². The first-order chi connectivity index (χ1) is 14.9. The lowest BCUT2D eigenvalue weighted by Crippen LogP contribution is -2.40. The number of ether oxygens (including phenoxy) is 1. The molecule has 0 bridgehead atoms. The third kappa shape index (κ3) is 3.67. The fourth-order valence-electron chi connectivity index (χ4n) is 3.53. The van der Waals surface area contributed by atoms with E-state index >= 15 is 0 Å². The highest BCUT2D eigenvalue weighted by molar-refractivity contribution is 5.89. The van der Waals surface area contributed by atoms with Gasteiger partial charge in [0.15, 0.2) is 11.2 Å². The number of aromatic nitrogens is 4. The fraction of sp³-hybridized carbons (Fsp3) is 0.286. The number of carbonyl (C=O) groups is 1. The number of esters is 1. The highest BCUT2D eigenvalue weighted by Gasteiger charge is 2.27. The van der Waals surface area contributed by atoms with Crippen LogP contribution in [0.5, 0.6) is 0 Å². The Labute approximate surface area is 177 Å². The smallest absolute Gasteiger partial charge is 0.332 e. The van der Waals surface area contributed by atoms with Gasteiger partial charge in [0.25, 0.3) is 5.56 Å². The van der Waals surface area contributed by atoms with Crippen LogP contribution in [-0.4, -0.2) is 44.0 Å². The Hall–Kier alpha value is -3.95. The predicted octanol–water partition coefficient (Wildman–Crippen LogP) is 0.979. The molecule has 2 aromatic heterocycles. The summed E-state index contributed by atoms with van der Waals surface area (Å²) in [6, 6.07) is 9.62. The summed E-state index contributed by atoms with van der Waals surface area (Å²) in [5.41, 5.74) is 1.28. The van der Waals surface area contributed by atoms with Crippen LogP contribution in [0, 0.1) is 0 Å². The van der Waals surface area contributed by atoms with Gasteiger partial charge in [-0.1, -0.05) is 42.5 Å². The summed E-state index contributed by atoms with van der Waals surface area (Å²) < 4.78 is 8.92. The molecule has 4 rings (SSSR count). The molecule has 0 unspecified atom stereocenters. The lowest BCUT2D eigenvalue weighted by molar-refractivity contribution is -0.139. The van der Waals surface area contributed by atoms with E-state index in [1.54, 1.807) is 24.6 Å². The number of carbonyl (C=O) groups excluding carboxylic acids is 1. The van der Waals surface area contributed by atoms with Gasteiger partial charge in [0.05, 0.1) is 19.4 Å². The molecule has 1 aromatic carbocycles. The molecule has 0 atom stereocenters. The van der Waals surface area contributed by atoms with Crippen molar-refractivity contribution in [3.8, 4) is 0 Å². The molecular formula is C21H22N6O4. The van der Waals surface area contributed by atoms with Gasteiger partial charge in [-0.2, -0.15) is 10.1 Å². The summed E-state index contributed by atoms with van der Waals surface area (Å²) >= 11 is 0. The van der Waals surface area contributed by atoms with Gasteiger partial charge in [-0.05, 0) is 12.5 Å². The van der Waals surface area contributed by atoms with Crippen LogP contribution in [0.2, 0.25) is 0 Å². The van der Waals surface area contributed by atoms with Crippen molar-refractivity contribution in [3.63, 3.8) is 0 Å².